The minimum Gasteiger partial charge on any atom is -0.192 e. The summed E-state index contributed by atoms with van der Waals surface area (Å²) in [4.78, 5) is 0. The molecule has 0 unspecified atom stereocenters. The fourth-order valence-corrected chi connectivity index (χ4v) is 7.59. The van der Waals surface area contributed by atoms with Gasteiger partial charge >= 0.3 is 0 Å². The highest BCUT2D eigenvalue weighted by molar-refractivity contribution is 6.73. The first-order valence-electron chi connectivity index (χ1n) is 9.90. The maximum atomic E-state index is 8.91. The van der Waals surface area contributed by atoms with Gasteiger partial charge in [0.25, 0.3) is 0 Å². The van der Waals surface area contributed by atoms with Crippen LogP contribution in [0.3, 0.4) is 0 Å². The molecule has 1 aliphatic heterocycles. The molecule has 0 amide bonds. The Labute approximate surface area is 154 Å². The molecule has 25 heavy (non-hydrogen) atoms. The molecule has 0 N–H and O–H groups in total. The fraction of sp³-hybridized carbons (Fsp3) is 0.435. The predicted molar refractivity (Wildman–Crippen MR) is 110 cm³/mol. The van der Waals surface area contributed by atoms with Crippen molar-refractivity contribution in [2.75, 3.05) is 0 Å². The van der Waals surface area contributed by atoms with Crippen molar-refractivity contribution in [3.05, 3.63) is 54.1 Å². The van der Waals surface area contributed by atoms with Crippen LogP contribution in [0.1, 0.15) is 51.0 Å². The van der Waals surface area contributed by atoms with Gasteiger partial charge in [-0.25, -0.2) is 0 Å². The first-order chi connectivity index (χ1) is 12.3. The number of nitrogens with zero attached hydrogens (tertiary/aromatic N) is 1. The lowest BCUT2D eigenvalue weighted by Gasteiger charge is -2.28. The molecule has 2 aromatic carbocycles. The molecule has 0 atom stereocenters. The van der Waals surface area contributed by atoms with E-state index in [1.54, 1.807) is 5.19 Å². The van der Waals surface area contributed by atoms with Crippen molar-refractivity contribution in [2.24, 2.45) is 5.92 Å². The van der Waals surface area contributed by atoms with Gasteiger partial charge in [0, 0.05) is 0 Å². The number of hydrogen-bond donors (Lipinski definition) is 0. The Morgan fingerprint density at radius 1 is 0.920 bits per heavy atom. The molecule has 0 bridgehead atoms. The fourth-order valence-electron chi connectivity index (χ4n) is 4.15. The molecule has 0 aromatic heterocycles. The average Bonchev–Trinajstić information content (AvgIpc) is 2.69. The zero-order valence-electron chi connectivity index (χ0n) is 15.4. The normalized spacial score (nSPS) is 20.2. The lowest BCUT2D eigenvalue weighted by molar-refractivity contribution is 0.418. The second-order valence-corrected chi connectivity index (χ2v) is 10.7. The largest absolute Gasteiger partial charge is 0.192 e. The van der Waals surface area contributed by atoms with Gasteiger partial charge in [-0.2, -0.15) is 5.26 Å². The molecular formula is C23H29NSi. The van der Waals surface area contributed by atoms with E-state index in [1.165, 1.54) is 61.7 Å². The molecule has 3 rings (SSSR count). The van der Waals surface area contributed by atoms with Crippen LogP contribution in [-0.2, 0) is 0 Å². The van der Waals surface area contributed by atoms with E-state index in [4.69, 9.17) is 5.26 Å². The van der Waals surface area contributed by atoms with Crippen LogP contribution in [0.15, 0.2) is 48.5 Å². The Morgan fingerprint density at radius 2 is 1.52 bits per heavy atom. The summed E-state index contributed by atoms with van der Waals surface area (Å²) < 4.78 is 0. The minimum atomic E-state index is -0.735. The standard InChI is InChI=1S/C23H29NSi/c1-2-3-4-5-19-14-16-25(17-15-19)23-12-10-22(11-13-23)21-8-6-20(18-24)7-9-21/h6-13,19,25H,2-5,14-17H2,1H3/t19-,25-. The monoisotopic (exact) mass is 347 g/mol. The number of unbranched alkanes of at least 4 members (excludes halogenated alkanes) is 2. The Hall–Kier alpha value is -1.85. The first kappa shape index (κ1) is 18.0. The van der Waals surface area contributed by atoms with Crippen LogP contribution in [0, 0.1) is 17.2 Å². The summed E-state index contributed by atoms with van der Waals surface area (Å²) in [6.45, 7) is 2.30. The zero-order chi connectivity index (χ0) is 17.5. The van der Waals surface area contributed by atoms with Crippen LogP contribution in [0.25, 0.3) is 11.1 Å². The van der Waals surface area contributed by atoms with Crippen LogP contribution in [0.5, 0.6) is 0 Å². The molecule has 2 heteroatoms. The molecule has 1 nitrogen and oxygen atoms in total. The summed E-state index contributed by atoms with van der Waals surface area (Å²) >= 11 is 0. The molecule has 0 spiro atoms. The van der Waals surface area contributed by atoms with Crippen molar-refractivity contribution < 1.29 is 0 Å². The summed E-state index contributed by atoms with van der Waals surface area (Å²) in [5, 5.41) is 10.6. The molecule has 0 saturated carbocycles. The number of rotatable bonds is 6. The van der Waals surface area contributed by atoms with E-state index in [0.717, 1.165) is 11.5 Å². The second-order valence-electron chi connectivity index (χ2n) is 7.52. The third kappa shape index (κ3) is 4.83. The van der Waals surface area contributed by atoms with E-state index in [0.29, 0.717) is 0 Å². The van der Waals surface area contributed by atoms with E-state index in [1.807, 2.05) is 24.3 Å². The van der Waals surface area contributed by atoms with E-state index >= 15 is 0 Å². The van der Waals surface area contributed by atoms with E-state index in [-0.39, 0.29) is 0 Å². The Bertz CT molecular complexity index is 688. The Morgan fingerprint density at radius 3 is 2.08 bits per heavy atom. The average molecular weight is 348 g/mol. The summed E-state index contributed by atoms with van der Waals surface area (Å²) in [6, 6.07) is 22.4. The van der Waals surface area contributed by atoms with Crippen molar-refractivity contribution in [1.82, 2.24) is 0 Å². The smallest absolute Gasteiger partial charge is 0.0991 e. The minimum absolute atomic E-state index is 0.725. The van der Waals surface area contributed by atoms with E-state index in [2.05, 4.69) is 37.3 Å². The highest BCUT2D eigenvalue weighted by Crippen LogP contribution is 2.29. The van der Waals surface area contributed by atoms with Gasteiger partial charge in [0.2, 0.25) is 0 Å². The van der Waals surface area contributed by atoms with Gasteiger partial charge in [-0.15, -0.1) is 0 Å². The number of benzene rings is 2. The van der Waals surface area contributed by atoms with Crippen molar-refractivity contribution in [2.45, 2.75) is 57.5 Å². The molecule has 0 radical (unpaired) electrons. The molecule has 130 valence electrons. The van der Waals surface area contributed by atoms with Gasteiger partial charge in [0.1, 0.15) is 0 Å². The van der Waals surface area contributed by atoms with E-state index < -0.39 is 8.80 Å². The summed E-state index contributed by atoms with van der Waals surface area (Å²) in [5.74, 6) is 1.01. The Kier molecular flexibility index (Phi) is 6.47. The zero-order valence-corrected chi connectivity index (χ0v) is 16.5. The van der Waals surface area contributed by atoms with Crippen LogP contribution in [-0.4, -0.2) is 8.80 Å². The van der Waals surface area contributed by atoms with Gasteiger partial charge in [0.15, 0.2) is 0 Å². The van der Waals surface area contributed by atoms with Gasteiger partial charge in [-0.1, -0.05) is 99.1 Å². The number of hydrogen-bond acceptors (Lipinski definition) is 1. The molecule has 1 aliphatic rings. The molecule has 1 saturated heterocycles. The lowest BCUT2D eigenvalue weighted by atomic mass is 9.96. The van der Waals surface area contributed by atoms with Crippen molar-refractivity contribution in [1.29, 1.82) is 5.26 Å². The highest BCUT2D eigenvalue weighted by Gasteiger charge is 2.23. The first-order valence-corrected chi connectivity index (χ1v) is 12.1. The second kappa shape index (κ2) is 9.01. The third-order valence-corrected chi connectivity index (χ3v) is 9.18. The summed E-state index contributed by atoms with van der Waals surface area (Å²) in [6.07, 6.45) is 8.60. The molecule has 0 aliphatic carbocycles. The maximum absolute atomic E-state index is 8.91. The third-order valence-electron chi connectivity index (χ3n) is 5.79. The lowest BCUT2D eigenvalue weighted by Crippen LogP contribution is -2.33. The van der Waals surface area contributed by atoms with Crippen molar-refractivity contribution >= 4 is 14.0 Å². The Balaban J connectivity index is 1.57. The quantitative estimate of drug-likeness (QED) is 0.489. The topological polar surface area (TPSA) is 23.8 Å². The van der Waals surface area contributed by atoms with Gasteiger partial charge in [0.05, 0.1) is 20.4 Å². The number of nitriles is 1. The van der Waals surface area contributed by atoms with E-state index in [9.17, 15) is 0 Å². The van der Waals surface area contributed by atoms with Gasteiger partial charge in [-0.05, 0) is 29.2 Å². The molecule has 1 fully saturated rings. The summed E-state index contributed by atoms with van der Waals surface area (Å²) in [7, 11) is -0.735. The maximum Gasteiger partial charge on any atom is 0.0991 e. The van der Waals surface area contributed by atoms with Crippen LogP contribution >= 0.6 is 0 Å². The van der Waals surface area contributed by atoms with Gasteiger partial charge < -0.3 is 0 Å². The molecule has 2 aromatic rings. The van der Waals surface area contributed by atoms with Gasteiger partial charge in [-0.3, -0.25) is 0 Å². The van der Waals surface area contributed by atoms with Crippen LogP contribution in [0.4, 0.5) is 0 Å². The summed E-state index contributed by atoms with van der Waals surface area (Å²) in [5.41, 5.74) is 3.19. The SMILES string of the molecule is CCCCC[C@H]1CC[Si@H](c2ccc(-c3ccc(C#N)cc3)cc2)CC1. The molecular weight excluding hydrogens is 318 g/mol. The van der Waals surface area contributed by atoms with Crippen molar-refractivity contribution in [3.8, 4) is 17.2 Å². The highest BCUT2D eigenvalue weighted by atomic mass is 28.3. The van der Waals surface area contributed by atoms with Crippen LogP contribution in [0.2, 0.25) is 12.1 Å². The predicted octanol–water partition coefficient (Wildman–Crippen LogP) is 5.65. The van der Waals surface area contributed by atoms with Crippen LogP contribution < -0.4 is 5.19 Å². The van der Waals surface area contributed by atoms with Crippen molar-refractivity contribution in [3.63, 3.8) is 0 Å². The molecule has 1 heterocycles.